The highest BCUT2D eigenvalue weighted by Gasteiger charge is 2.15. The summed E-state index contributed by atoms with van der Waals surface area (Å²) in [6.45, 7) is 0. The maximum Gasteiger partial charge on any atom is 0.134 e. The molecule has 0 radical (unpaired) electrons. The van der Waals surface area contributed by atoms with Crippen molar-refractivity contribution in [2.45, 2.75) is 12.5 Å². The Balaban J connectivity index is 1.83. The zero-order chi connectivity index (χ0) is 14.7. The Morgan fingerprint density at radius 3 is 2.57 bits per heavy atom. The zero-order valence-electron chi connectivity index (χ0n) is 11.9. The molecule has 0 amide bonds. The molecule has 3 aromatic rings. The number of nitrogens with two attached hydrogens (primary N) is 1. The molecule has 1 aromatic heterocycles. The fraction of sp³-hybridized carbons (Fsp3) is 0.176. The normalized spacial score (nSPS) is 12.5. The van der Waals surface area contributed by atoms with Crippen molar-refractivity contribution in [1.29, 1.82) is 0 Å². The van der Waals surface area contributed by atoms with Gasteiger partial charge < -0.3 is 9.15 Å². The third kappa shape index (κ3) is 2.91. The van der Waals surface area contributed by atoms with E-state index in [-0.39, 0.29) is 6.04 Å². The molecule has 0 bridgehead atoms. The van der Waals surface area contributed by atoms with E-state index in [1.54, 1.807) is 7.11 Å². The quantitative estimate of drug-likeness (QED) is 0.557. The first-order valence-electron chi connectivity index (χ1n) is 6.87. The number of hydrazine groups is 1. The van der Waals surface area contributed by atoms with Gasteiger partial charge in [-0.15, -0.1) is 0 Å². The number of para-hydroxylation sites is 1. The van der Waals surface area contributed by atoms with Crippen LogP contribution in [0.2, 0.25) is 0 Å². The Kier molecular flexibility index (Phi) is 3.90. The second kappa shape index (κ2) is 5.99. The molecule has 0 aliphatic carbocycles. The van der Waals surface area contributed by atoms with Crippen LogP contribution in [0.15, 0.2) is 59.0 Å². The lowest BCUT2D eigenvalue weighted by Crippen LogP contribution is -2.29. The molecule has 108 valence electrons. The Bertz CT molecular complexity index is 686. The first-order valence-corrected chi connectivity index (χ1v) is 6.87. The van der Waals surface area contributed by atoms with Crippen LogP contribution >= 0.6 is 0 Å². The minimum atomic E-state index is -0.0641. The first-order chi connectivity index (χ1) is 10.3. The summed E-state index contributed by atoms with van der Waals surface area (Å²) in [7, 11) is 1.66. The van der Waals surface area contributed by atoms with E-state index in [0.29, 0.717) is 0 Å². The van der Waals surface area contributed by atoms with Crippen molar-refractivity contribution in [3.63, 3.8) is 0 Å². The van der Waals surface area contributed by atoms with E-state index in [1.807, 2.05) is 54.6 Å². The van der Waals surface area contributed by atoms with Gasteiger partial charge in [0.25, 0.3) is 0 Å². The molecular formula is C17H18N2O2. The topological polar surface area (TPSA) is 60.4 Å². The number of hydrogen-bond acceptors (Lipinski definition) is 4. The highest BCUT2D eigenvalue weighted by Crippen LogP contribution is 2.26. The van der Waals surface area contributed by atoms with Gasteiger partial charge in [-0.25, -0.2) is 5.43 Å². The van der Waals surface area contributed by atoms with Crippen molar-refractivity contribution in [1.82, 2.24) is 5.43 Å². The van der Waals surface area contributed by atoms with E-state index in [0.717, 1.165) is 28.9 Å². The summed E-state index contributed by atoms with van der Waals surface area (Å²) in [5, 5.41) is 1.09. The molecule has 0 aliphatic rings. The van der Waals surface area contributed by atoms with Gasteiger partial charge in [-0.1, -0.05) is 30.3 Å². The van der Waals surface area contributed by atoms with Gasteiger partial charge in [0.15, 0.2) is 0 Å². The summed E-state index contributed by atoms with van der Waals surface area (Å²) < 4.78 is 11.0. The van der Waals surface area contributed by atoms with Crippen molar-refractivity contribution >= 4 is 11.0 Å². The number of furan rings is 1. The van der Waals surface area contributed by atoms with Gasteiger partial charge in [-0.2, -0.15) is 0 Å². The number of nitrogens with one attached hydrogen (secondary N) is 1. The summed E-state index contributed by atoms with van der Waals surface area (Å²) >= 11 is 0. The molecule has 0 spiro atoms. The van der Waals surface area contributed by atoms with Crippen LogP contribution < -0.4 is 16.0 Å². The van der Waals surface area contributed by atoms with Crippen molar-refractivity contribution in [3.05, 3.63) is 65.9 Å². The van der Waals surface area contributed by atoms with Crippen molar-refractivity contribution < 1.29 is 9.15 Å². The molecule has 21 heavy (non-hydrogen) atoms. The van der Waals surface area contributed by atoms with Gasteiger partial charge in [-0.3, -0.25) is 5.84 Å². The van der Waals surface area contributed by atoms with Gasteiger partial charge in [0.2, 0.25) is 0 Å². The van der Waals surface area contributed by atoms with Crippen molar-refractivity contribution in [2.24, 2.45) is 5.84 Å². The van der Waals surface area contributed by atoms with Crippen LogP contribution in [0.5, 0.6) is 5.75 Å². The van der Waals surface area contributed by atoms with Crippen LogP contribution in [-0.2, 0) is 6.42 Å². The number of benzene rings is 2. The summed E-state index contributed by atoms with van der Waals surface area (Å²) in [5.74, 6) is 7.38. The fourth-order valence-electron chi connectivity index (χ4n) is 2.41. The minimum Gasteiger partial charge on any atom is -0.497 e. The van der Waals surface area contributed by atoms with E-state index in [1.165, 1.54) is 5.56 Å². The molecule has 4 heteroatoms. The molecular weight excluding hydrogens is 264 g/mol. The average Bonchev–Trinajstić information content (AvgIpc) is 2.97. The molecule has 0 aliphatic heterocycles. The van der Waals surface area contributed by atoms with E-state index in [2.05, 4.69) is 5.43 Å². The van der Waals surface area contributed by atoms with E-state index in [9.17, 15) is 0 Å². The maximum absolute atomic E-state index is 5.87. The summed E-state index contributed by atoms with van der Waals surface area (Å²) in [4.78, 5) is 0. The van der Waals surface area contributed by atoms with Crippen LogP contribution in [-0.4, -0.2) is 7.11 Å². The SMILES string of the molecule is COc1ccc(CC(NN)c2cc3ccccc3o2)cc1. The van der Waals surface area contributed by atoms with Crippen molar-refractivity contribution in [3.8, 4) is 5.75 Å². The number of fused-ring (bicyclic) bond motifs is 1. The third-order valence-electron chi connectivity index (χ3n) is 3.59. The molecule has 1 unspecified atom stereocenters. The van der Waals surface area contributed by atoms with Crippen LogP contribution in [0, 0.1) is 0 Å². The van der Waals surface area contributed by atoms with Crippen LogP contribution in [0.1, 0.15) is 17.4 Å². The molecule has 0 fully saturated rings. The summed E-state index contributed by atoms with van der Waals surface area (Å²) in [6, 6.07) is 17.9. The molecule has 3 N–H and O–H groups in total. The average molecular weight is 282 g/mol. The van der Waals surface area contributed by atoms with E-state index >= 15 is 0 Å². The van der Waals surface area contributed by atoms with E-state index < -0.39 is 0 Å². The zero-order valence-corrected chi connectivity index (χ0v) is 11.9. The highest BCUT2D eigenvalue weighted by molar-refractivity contribution is 5.77. The lowest BCUT2D eigenvalue weighted by atomic mass is 10.0. The van der Waals surface area contributed by atoms with Crippen LogP contribution in [0.3, 0.4) is 0 Å². The van der Waals surface area contributed by atoms with Crippen LogP contribution in [0.25, 0.3) is 11.0 Å². The molecule has 1 heterocycles. The lowest BCUT2D eigenvalue weighted by molar-refractivity contribution is 0.414. The molecule has 1 atom stereocenters. The third-order valence-corrected chi connectivity index (χ3v) is 3.59. The molecule has 4 nitrogen and oxygen atoms in total. The summed E-state index contributed by atoms with van der Waals surface area (Å²) in [6.07, 6.45) is 0.750. The van der Waals surface area contributed by atoms with E-state index in [4.69, 9.17) is 15.0 Å². The second-order valence-corrected chi connectivity index (χ2v) is 4.96. The monoisotopic (exact) mass is 282 g/mol. The predicted octanol–water partition coefficient (Wildman–Crippen LogP) is 3.19. The maximum atomic E-state index is 5.87. The fourth-order valence-corrected chi connectivity index (χ4v) is 2.41. The van der Waals surface area contributed by atoms with Gasteiger partial charge >= 0.3 is 0 Å². The Morgan fingerprint density at radius 2 is 1.90 bits per heavy atom. The number of hydrogen-bond donors (Lipinski definition) is 2. The smallest absolute Gasteiger partial charge is 0.134 e. The number of rotatable bonds is 5. The Labute approximate surface area is 123 Å². The Hall–Kier alpha value is -2.30. The minimum absolute atomic E-state index is 0.0641. The predicted molar refractivity (Wildman–Crippen MR) is 83.0 cm³/mol. The highest BCUT2D eigenvalue weighted by atomic mass is 16.5. The molecule has 0 saturated carbocycles. The van der Waals surface area contributed by atoms with Crippen LogP contribution in [0.4, 0.5) is 0 Å². The van der Waals surface area contributed by atoms with Gasteiger partial charge in [0, 0.05) is 5.39 Å². The van der Waals surface area contributed by atoms with Crippen molar-refractivity contribution in [2.75, 3.05) is 7.11 Å². The van der Waals surface area contributed by atoms with Gasteiger partial charge in [0.05, 0.1) is 13.2 Å². The first kappa shape index (κ1) is 13.7. The molecule has 0 saturated heterocycles. The molecule has 2 aromatic carbocycles. The standard InChI is InChI=1S/C17H18N2O2/c1-20-14-8-6-12(7-9-14)10-15(19-18)17-11-13-4-2-3-5-16(13)21-17/h2-9,11,15,19H,10,18H2,1H3. The lowest BCUT2D eigenvalue weighted by Gasteiger charge is -2.13. The number of methoxy groups -OCH3 is 1. The van der Waals surface area contributed by atoms with Gasteiger partial charge in [0.1, 0.15) is 17.1 Å². The number of ether oxygens (including phenoxy) is 1. The molecule has 3 rings (SSSR count). The van der Waals surface area contributed by atoms with Gasteiger partial charge in [-0.05, 0) is 36.2 Å². The largest absolute Gasteiger partial charge is 0.497 e. The second-order valence-electron chi connectivity index (χ2n) is 4.96. The Morgan fingerprint density at radius 1 is 1.14 bits per heavy atom. The summed E-state index contributed by atoms with van der Waals surface area (Å²) in [5.41, 5.74) is 4.87.